The highest BCUT2D eigenvalue weighted by molar-refractivity contribution is 5.89. The number of carboxylic acids is 1. The SMILES string of the molecule is CCC(C)C(NC(=O)C(Cc1ccccc1)NC(=O)OCc1ccccc1)C(=O)O. The number of aliphatic carboxylic acids is 1. The van der Waals surface area contributed by atoms with Crippen LogP contribution in [-0.4, -0.2) is 35.2 Å². The van der Waals surface area contributed by atoms with Crippen molar-refractivity contribution in [2.75, 3.05) is 0 Å². The van der Waals surface area contributed by atoms with Crippen LogP contribution >= 0.6 is 0 Å². The van der Waals surface area contributed by atoms with E-state index in [1.165, 1.54) is 0 Å². The largest absolute Gasteiger partial charge is 0.480 e. The molecule has 0 aromatic heterocycles. The molecule has 0 spiro atoms. The second-order valence-corrected chi connectivity index (χ2v) is 7.16. The Morgan fingerprint density at radius 1 is 0.933 bits per heavy atom. The number of alkyl carbamates (subject to hydrolysis) is 1. The number of hydrogen-bond donors (Lipinski definition) is 3. The minimum atomic E-state index is -1.11. The van der Waals surface area contributed by atoms with E-state index in [-0.39, 0.29) is 18.9 Å². The first kappa shape index (κ1) is 22.9. The van der Waals surface area contributed by atoms with Crippen molar-refractivity contribution < 1.29 is 24.2 Å². The van der Waals surface area contributed by atoms with Gasteiger partial charge in [-0.2, -0.15) is 0 Å². The number of nitrogens with one attached hydrogen (secondary N) is 2. The lowest BCUT2D eigenvalue weighted by Gasteiger charge is -2.24. The summed E-state index contributed by atoms with van der Waals surface area (Å²) in [6.45, 7) is 3.68. The zero-order valence-electron chi connectivity index (χ0n) is 17.2. The van der Waals surface area contributed by atoms with E-state index in [1.807, 2.05) is 67.6 Å². The number of carbonyl (C=O) groups excluding carboxylic acids is 2. The van der Waals surface area contributed by atoms with Gasteiger partial charge in [0.15, 0.2) is 0 Å². The average Bonchev–Trinajstić information content (AvgIpc) is 2.76. The number of benzene rings is 2. The Labute approximate surface area is 176 Å². The van der Waals surface area contributed by atoms with E-state index in [4.69, 9.17) is 4.74 Å². The highest BCUT2D eigenvalue weighted by atomic mass is 16.5. The van der Waals surface area contributed by atoms with Crippen LogP contribution in [0.3, 0.4) is 0 Å². The van der Waals surface area contributed by atoms with Gasteiger partial charge in [0.25, 0.3) is 0 Å². The third-order valence-corrected chi connectivity index (χ3v) is 4.88. The van der Waals surface area contributed by atoms with E-state index < -0.39 is 30.1 Å². The summed E-state index contributed by atoms with van der Waals surface area (Å²) in [7, 11) is 0. The molecule has 0 fully saturated rings. The van der Waals surface area contributed by atoms with Crippen LogP contribution in [0.25, 0.3) is 0 Å². The Morgan fingerprint density at radius 2 is 1.50 bits per heavy atom. The average molecular weight is 412 g/mol. The first-order valence-corrected chi connectivity index (χ1v) is 9.95. The summed E-state index contributed by atoms with van der Waals surface area (Å²) in [4.78, 5) is 36.7. The van der Waals surface area contributed by atoms with E-state index in [0.717, 1.165) is 11.1 Å². The van der Waals surface area contributed by atoms with E-state index >= 15 is 0 Å². The van der Waals surface area contributed by atoms with Crippen molar-refractivity contribution in [1.82, 2.24) is 10.6 Å². The molecule has 0 aliphatic rings. The smallest absolute Gasteiger partial charge is 0.408 e. The molecule has 2 aromatic carbocycles. The predicted molar refractivity (Wildman–Crippen MR) is 113 cm³/mol. The molecule has 0 saturated heterocycles. The molecule has 0 bridgehead atoms. The molecule has 2 rings (SSSR count). The second-order valence-electron chi connectivity index (χ2n) is 7.16. The first-order valence-electron chi connectivity index (χ1n) is 9.95. The molecule has 0 saturated carbocycles. The molecule has 0 radical (unpaired) electrons. The van der Waals surface area contributed by atoms with Gasteiger partial charge < -0.3 is 20.5 Å². The molecule has 7 nitrogen and oxygen atoms in total. The maximum absolute atomic E-state index is 12.8. The van der Waals surface area contributed by atoms with Crippen molar-refractivity contribution >= 4 is 18.0 Å². The lowest BCUT2D eigenvalue weighted by atomic mass is 9.98. The van der Waals surface area contributed by atoms with E-state index in [1.54, 1.807) is 6.92 Å². The van der Waals surface area contributed by atoms with Gasteiger partial charge in [0.1, 0.15) is 18.7 Å². The number of carboxylic acid groups (broad SMARTS) is 1. The van der Waals surface area contributed by atoms with Crippen LogP contribution in [0.1, 0.15) is 31.4 Å². The molecule has 0 aliphatic heterocycles. The fraction of sp³-hybridized carbons (Fsp3) is 0.348. The Morgan fingerprint density at radius 3 is 2.03 bits per heavy atom. The van der Waals surface area contributed by atoms with E-state index in [2.05, 4.69) is 10.6 Å². The molecule has 2 amide bonds. The summed E-state index contributed by atoms with van der Waals surface area (Å²) < 4.78 is 5.22. The van der Waals surface area contributed by atoms with Crippen molar-refractivity contribution in [3.63, 3.8) is 0 Å². The minimum absolute atomic E-state index is 0.0664. The van der Waals surface area contributed by atoms with E-state index in [9.17, 15) is 19.5 Å². The third kappa shape index (κ3) is 7.24. The number of hydrogen-bond acceptors (Lipinski definition) is 4. The molecule has 3 unspecified atom stereocenters. The summed E-state index contributed by atoms with van der Waals surface area (Å²) in [6.07, 6.45) is 0.0537. The summed E-state index contributed by atoms with van der Waals surface area (Å²) in [5.74, 6) is -1.93. The van der Waals surface area contributed by atoms with Gasteiger partial charge in [-0.1, -0.05) is 80.9 Å². The van der Waals surface area contributed by atoms with Gasteiger partial charge >= 0.3 is 12.1 Å². The van der Waals surface area contributed by atoms with Crippen LogP contribution in [0.15, 0.2) is 60.7 Å². The van der Waals surface area contributed by atoms with Crippen molar-refractivity contribution in [3.05, 3.63) is 71.8 Å². The van der Waals surface area contributed by atoms with Gasteiger partial charge in [-0.25, -0.2) is 9.59 Å². The molecule has 30 heavy (non-hydrogen) atoms. The Bertz CT molecular complexity index is 826. The molecule has 2 aromatic rings. The van der Waals surface area contributed by atoms with Crippen LogP contribution in [-0.2, 0) is 27.4 Å². The molecular weight excluding hydrogens is 384 g/mol. The number of carbonyl (C=O) groups is 3. The topological polar surface area (TPSA) is 105 Å². The van der Waals surface area contributed by atoms with Gasteiger partial charge in [-0.15, -0.1) is 0 Å². The normalized spacial score (nSPS) is 13.5. The fourth-order valence-electron chi connectivity index (χ4n) is 2.90. The van der Waals surface area contributed by atoms with Gasteiger partial charge in [0, 0.05) is 6.42 Å². The van der Waals surface area contributed by atoms with Crippen LogP contribution in [0, 0.1) is 5.92 Å². The third-order valence-electron chi connectivity index (χ3n) is 4.88. The molecule has 3 N–H and O–H groups in total. The summed E-state index contributed by atoms with van der Waals surface area (Å²) in [5.41, 5.74) is 1.65. The highest BCUT2D eigenvalue weighted by Crippen LogP contribution is 2.10. The monoisotopic (exact) mass is 412 g/mol. The predicted octanol–water partition coefficient (Wildman–Crippen LogP) is 3.14. The van der Waals surface area contributed by atoms with Gasteiger partial charge in [-0.3, -0.25) is 4.79 Å². The number of amides is 2. The maximum Gasteiger partial charge on any atom is 0.408 e. The highest BCUT2D eigenvalue weighted by Gasteiger charge is 2.30. The zero-order chi connectivity index (χ0) is 21.9. The maximum atomic E-state index is 12.8. The molecule has 0 aliphatic carbocycles. The summed E-state index contributed by atoms with van der Waals surface area (Å²) in [6, 6.07) is 16.4. The van der Waals surface area contributed by atoms with Crippen molar-refractivity contribution in [1.29, 1.82) is 0 Å². The van der Waals surface area contributed by atoms with Crippen molar-refractivity contribution in [3.8, 4) is 0 Å². The molecule has 3 atom stereocenters. The Hall–Kier alpha value is -3.35. The summed E-state index contributed by atoms with van der Waals surface area (Å²) >= 11 is 0. The van der Waals surface area contributed by atoms with Crippen LogP contribution in [0.5, 0.6) is 0 Å². The molecular formula is C23H28N2O5. The minimum Gasteiger partial charge on any atom is -0.480 e. The van der Waals surface area contributed by atoms with Crippen molar-refractivity contribution in [2.24, 2.45) is 5.92 Å². The summed E-state index contributed by atoms with van der Waals surface area (Å²) in [5, 5.41) is 14.6. The van der Waals surface area contributed by atoms with Gasteiger partial charge in [-0.05, 0) is 17.0 Å². The van der Waals surface area contributed by atoms with E-state index in [0.29, 0.717) is 6.42 Å². The molecule has 160 valence electrons. The number of rotatable bonds is 10. The second kappa shape index (κ2) is 11.6. The lowest BCUT2D eigenvalue weighted by molar-refractivity contribution is -0.143. The standard InChI is InChI=1S/C23H28N2O5/c1-3-16(2)20(22(27)28)25-21(26)19(14-17-10-6-4-7-11-17)24-23(29)30-15-18-12-8-5-9-13-18/h4-13,16,19-20H,3,14-15H2,1-2H3,(H,24,29)(H,25,26)(H,27,28). The van der Waals surface area contributed by atoms with Gasteiger partial charge in [0.2, 0.25) is 5.91 Å². The lowest BCUT2D eigenvalue weighted by Crippen LogP contribution is -2.54. The van der Waals surface area contributed by atoms with Crippen LogP contribution < -0.4 is 10.6 Å². The van der Waals surface area contributed by atoms with Gasteiger partial charge in [0.05, 0.1) is 0 Å². The number of ether oxygens (including phenoxy) is 1. The molecule has 7 heteroatoms. The first-order chi connectivity index (χ1) is 14.4. The van der Waals surface area contributed by atoms with Crippen LogP contribution in [0.4, 0.5) is 4.79 Å². The van der Waals surface area contributed by atoms with Crippen LogP contribution in [0.2, 0.25) is 0 Å². The zero-order valence-corrected chi connectivity index (χ0v) is 17.2. The fourth-order valence-corrected chi connectivity index (χ4v) is 2.90. The Kier molecular flexibility index (Phi) is 8.87. The molecule has 0 heterocycles. The quantitative estimate of drug-likeness (QED) is 0.556. The Balaban J connectivity index is 2.08. The van der Waals surface area contributed by atoms with Crippen molar-refractivity contribution in [2.45, 2.75) is 45.4 Å².